The Bertz CT molecular complexity index is 359. The van der Waals surface area contributed by atoms with E-state index in [0.29, 0.717) is 5.92 Å². The van der Waals surface area contributed by atoms with Gasteiger partial charge in [-0.1, -0.05) is 118 Å². The maximum absolute atomic E-state index is 6.00. The number of unbranched alkanes of at least 4 members (excludes halogenated alkanes) is 11. The van der Waals surface area contributed by atoms with E-state index in [-0.39, 0.29) is 5.41 Å². The third-order valence-corrected chi connectivity index (χ3v) is 7.27. The van der Waals surface area contributed by atoms with Crippen molar-refractivity contribution < 1.29 is 14.2 Å². The van der Waals surface area contributed by atoms with Gasteiger partial charge in [0.2, 0.25) is 0 Å². The molecule has 0 saturated heterocycles. The molecule has 182 valence electrons. The summed E-state index contributed by atoms with van der Waals surface area (Å²) in [5.74, 6) is -0.448. The van der Waals surface area contributed by atoms with E-state index < -0.39 is 5.97 Å². The van der Waals surface area contributed by atoms with Crippen LogP contribution in [0.25, 0.3) is 0 Å². The van der Waals surface area contributed by atoms with Gasteiger partial charge in [0.1, 0.15) is 0 Å². The lowest BCUT2D eigenvalue weighted by Gasteiger charge is -2.51. The maximum Gasteiger partial charge on any atom is 0.288 e. The van der Waals surface area contributed by atoms with Gasteiger partial charge in [-0.25, -0.2) is 0 Å². The Morgan fingerprint density at radius 2 is 0.967 bits per heavy atom. The lowest BCUT2D eigenvalue weighted by Crippen LogP contribution is -2.56. The molecule has 0 aliphatic heterocycles. The number of ether oxygens (including phenoxy) is 3. The molecule has 0 N–H and O–H groups in total. The van der Waals surface area contributed by atoms with E-state index in [1.165, 1.54) is 89.9 Å². The van der Waals surface area contributed by atoms with Crippen LogP contribution in [0.5, 0.6) is 0 Å². The first-order chi connectivity index (χ1) is 14.5. The topological polar surface area (TPSA) is 27.7 Å². The summed E-state index contributed by atoms with van der Waals surface area (Å²) in [7, 11) is 5.25. The minimum Gasteiger partial charge on any atom is -0.330 e. The Labute approximate surface area is 190 Å². The van der Waals surface area contributed by atoms with E-state index in [2.05, 4.69) is 27.7 Å². The normalized spacial score (nSPS) is 15.3. The van der Waals surface area contributed by atoms with Crippen LogP contribution in [-0.2, 0) is 14.2 Å². The summed E-state index contributed by atoms with van der Waals surface area (Å²) in [6, 6.07) is 0. The molecule has 2 atom stereocenters. The summed E-state index contributed by atoms with van der Waals surface area (Å²) in [4.78, 5) is 0. The van der Waals surface area contributed by atoms with Crippen LogP contribution in [0.1, 0.15) is 137 Å². The van der Waals surface area contributed by atoms with E-state index in [9.17, 15) is 0 Å². The van der Waals surface area contributed by atoms with E-state index in [1.54, 1.807) is 21.3 Å². The second-order valence-electron chi connectivity index (χ2n) is 9.40. The summed E-state index contributed by atoms with van der Waals surface area (Å²) in [6.45, 7) is 9.25. The summed E-state index contributed by atoms with van der Waals surface area (Å²) in [5, 5.41) is 0. The summed E-state index contributed by atoms with van der Waals surface area (Å²) in [6.07, 6.45) is 21.9. The van der Waals surface area contributed by atoms with E-state index >= 15 is 0 Å². The van der Waals surface area contributed by atoms with Crippen LogP contribution in [0.3, 0.4) is 0 Å². The molecule has 0 aromatic carbocycles. The molecule has 0 rings (SSSR count). The second kappa shape index (κ2) is 18.5. The minimum absolute atomic E-state index is 0.104. The van der Waals surface area contributed by atoms with Gasteiger partial charge in [-0.3, -0.25) is 0 Å². The number of rotatable bonds is 22. The molecule has 0 amide bonds. The number of hydrogen-bond acceptors (Lipinski definition) is 3. The van der Waals surface area contributed by atoms with Crippen LogP contribution in [-0.4, -0.2) is 27.3 Å². The van der Waals surface area contributed by atoms with E-state index in [0.717, 1.165) is 19.3 Å². The molecular formula is C27H56O3. The lowest BCUT2D eigenvalue weighted by molar-refractivity contribution is -0.418. The van der Waals surface area contributed by atoms with Crippen LogP contribution >= 0.6 is 0 Å². The van der Waals surface area contributed by atoms with E-state index in [1.807, 2.05) is 0 Å². The fraction of sp³-hybridized carbons (Fsp3) is 1.00. The van der Waals surface area contributed by atoms with Gasteiger partial charge in [0.05, 0.1) is 5.41 Å². The van der Waals surface area contributed by atoms with Crippen LogP contribution in [0.2, 0.25) is 0 Å². The average Bonchev–Trinajstić information content (AvgIpc) is 2.76. The number of methoxy groups -OCH3 is 3. The first kappa shape index (κ1) is 29.9. The highest BCUT2D eigenvalue weighted by Crippen LogP contribution is 2.51. The van der Waals surface area contributed by atoms with Crippen LogP contribution in [0.15, 0.2) is 0 Å². The quantitative estimate of drug-likeness (QED) is 0.127. The van der Waals surface area contributed by atoms with Gasteiger partial charge in [0.25, 0.3) is 5.97 Å². The monoisotopic (exact) mass is 428 g/mol. The molecular weight excluding hydrogens is 372 g/mol. The largest absolute Gasteiger partial charge is 0.330 e. The number of hydrogen-bond donors (Lipinski definition) is 0. The first-order valence-corrected chi connectivity index (χ1v) is 13.2. The van der Waals surface area contributed by atoms with Crippen molar-refractivity contribution in [3.8, 4) is 0 Å². The van der Waals surface area contributed by atoms with Crippen molar-refractivity contribution >= 4 is 0 Å². The van der Waals surface area contributed by atoms with Crippen LogP contribution in [0, 0.1) is 11.3 Å². The molecule has 0 bridgehead atoms. The smallest absolute Gasteiger partial charge is 0.288 e. The van der Waals surface area contributed by atoms with Crippen molar-refractivity contribution in [1.82, 2.24) is 0 Å². The molecule has 3 nitrogen and oxygen atoms in total. The van der Waals surface area contributed by atoms with Crippen molar-refractivity contribution in [1.29, 1.82) is 0 Å². The lowest BCUT2D eigenvalue weighted by atomic mass is 9.65. The van der Waals surface area contributed by atoms with Gasteiger partial charge in [-0.15, -0.1) is 0 Å². The molecule has 0 heterocycles. The molecule has 0 aliphatic rings. The first-order valence-electron chi connectivity index (χ1n) is 13.2. The zero-order chi connectivity index (χ0) is 22.7. The fourth-order valence-corrected chi connectivity index (χ4v) is 5.44. The molecule has 2 unspecified atom stereocenters. The molecule has 0 radical (unpaired) electrons. The third kappa shape index (κ3) is 9.57. The highest BCUT2D eigenvalue weighted by molar-refractivity contribution is 4.92. The molecule has 0 aliphatic carbocycles. The van der Waals surface area contributed by atoms with Gasteiger partial charge in [0.15, 0.2) is 0 Å². The van der Waals surface area contributed by atoms with Crippen molar-refractivity contribution in [3.05, 3.63) is 0 Å². The zero-order valence-corrected chi connectivity index (χ0v) is 21.8. The van der Waals surface area contributed by atoms with Gasteiger partial charge in [-0.05, 0) is 25.2 Å². The highest BCUT2D eigenvalue weighted by Gasteiger charge is 2.55. The Kier molecular flexibility index (Phi) is 18.4. The summed E-state index contributed by atoms with van der Waals surface area (Å²) < 4.78 is 18.0. The van der Waals surface area contributed by atoms with Crippen molar-refractivity contribution in [2.45, 2.75) is 143 Å². The van der Waals surface area contributed by atoms with Gasteiger partial charge >= 0.3 is 0 Å². The summed E-state index contributed by atoms with van der Waals surface area (Å²) >= 11 is 0. The standard InChI is InChI=1S/C27H56O3/c1-8-11-13-15-16-17-19-21-24-26(23-10-3,27(28-5,29-6)30-7)25(4)22-20-18-14-12-9-2/h25H,8-24H2,1-7H3. The van der Waals surface area contributed by atoms with Gasteiger partial charge < -0.3 is 14.2 Å². The second-order valence-corrected chi connectivity index (χ2v) is 9.40. The zero-order valence-electron chi connectivity index (χ0n) is 21.8. The molecule has 3 heteroatoms. The SMILES string of the molecule is CCCCCCCCCCC(CCC)(C(C)CCCCCCC)C(OC)(OC)OC. The molecule has 30 heavy (non-hydrogen) atoms. The predicted molar refractivity (Wildman–Crippen MR) is 131 cm³/mol. The molecule has 0 fully saturated rings. The van der Waals surface area contributed by atoms with Gasteiger partial charge in [0, 0.05) is 21.3 Å². The molecule has 0 aromatic heterocycles. The Hall–Kier alpha value is -0.120. The van der Waals surface area contributed by atoms with Crippen molar-refractivity contribution in [2.75, 3.05) is 21.3 Å². The Balaban J connectivity index is 5.10. The van der Waals surface area contributed by atoms with E-state index in [4.69, 9.17) is 14.2 Å². The fourth-order valence-electron chi connectivity index (χ4n) is 5.44. The maximum atomic E-state index is 6.00. The van der Waals surface area contributed by atoms with Crippen LogP contribution in [0.4, 0.5) is 0 Å². The average molecular weight is 429 g/mol. The predicted octanol–water partition coefficient (Wildman–Crippen LogP) is 8.89. The van der Waals surface area contributed by atoms with Crippen molar-refractivity contribution in [2.24, 2.45) is 11.3 Å². The molecule has 0 aromatic rings. The highest BCUT2D eigenvalue weighted by atomic mass is 16.9. The Morgan fingerprint density at radius 3 is 1.40 bits per heavy atom. The van der Waals surface area contributed by atoms with Gasteiger partial charge in [-0.2, -0.15) is 0 Å². The van der Waals surface area contributed by atoms with Crippen molar-refractivity contribution in [3.63, 3.8) is 0 Å². The molecule has 0 spiro atoms. The molecule has 0 saturated carbocycles. The Morgan fingerprint density at radius 1 is 0.533 bits per heavy atom. The minimum atomic E-state index is -0.951. The van der Waals surface area contributed by atoms with Crippen LogP contribution < -0.4 is 0 Å². The third-order valence-electron chi connectivity index (χ3n) is 7.27. The summed E-state index contributed by atoms with van der Waals surface area (Å²) in [5.41, 5.74) is -0.104.